The van der Waals surface area contributed by atoms with Gasteiger partial charge in [0.15, 0.2) is 17.3 Å². The molecule has 0 fully saturated rings. The van der Waals surface area contributed by atoms with E-state index in [0.29, 0.717) is 41.4 Å². The number of nitrogens with one attached hydrogen (secondary N) is 1. The van der Waals surface area contributed by atoms with Crippen LogP contribution in [-0.4, -0.2) is 17.8 Å². The lowest BCUT2D eigenvalue weighted by Gasteiger charge is -2.31. The molecular formula is C19H21NO5. The van der Waals surface area contributed by atoms with E-state index < -0.39 is 6.10 Å². The molecule has 6 heteroatoms. The molecule has 132 valence electrons. The normalized spacial score (nSPS) is 20.2. The van der Waals surface area contributed by atoms with Gasteiger partial charge in [-0.05, 0) is 30.9 Å². The van der Waals surface area contributed by atoms with E-state index in [1.54, 1.807) is 18.2 Å². The average Bonchev–Trinajstić information content (AvgIpc) is 3.10. The number of aliphatic hydroxyl groups excluding tert-OH is 1. The summed E-state index contributed by atoms with van der Waals surface area (Å²) in [4.78, 5) is 12.7. The molecule has 0 bridgehead atoms. The second-order valence-corrected chi connectivity index (χ2v) is 7.48. The fraction of sp³-hybridized carbons (Fsp3) is 0.421. The Morgan fingerprint density at radius 2 is 2.04 bits per heavy atom. The lowest BCUT2D eigenvalue weighted by Crippen LogP contribution is -2.24. The van der Waals surface area contributed by atoms with Gasteiger partial charge >= 0.3 is 0 Å². The zero-order valence-electron chi connectivity index (χ0n) is 14.5. The van der Waals surface area contributed by atoms with Crippen LogP contribution in [0.5, 0.6) is 11.5 Å². The molecule has 2 N–H and O–H groups in total. The van der Waals surface area contributed by atoms with Crippen molar-refractivity contribution < 1.29 is 23.8 Å². The van der Waals surface area contributed by atoms with E-state index in [1.165, 1.54) is 0 Å². The molecule has 2 aliphatic rings. The largest absolute Gasteiger partial charge is 0.455 e. The van der Waals surface area contributed by atoms with Crippen LogP contribution < -0.4 is 14.8 Å². The molecule has 1 aliphatic carbocycles. The molecule has 25 heavy (non-hydrogen) atoms. The van der Waals surface area contributed by atoms with Crippen molar-refractivity contribution in [2.75, 3.05) is 12.1 Å². The van der Waals surface area contributed by atoms with E-state index in [0.717, 1.165) is 5.56 Å². The molecule has 0 radical (unpaired) electrons. The molecule has 2 heterocycles. The summed E-state index contributed by atoms with van der Waals surface area (Å²) >= 11 is 0. The second-order valence-electron chi connectivity index (χ2n) is 7.48. The molecule has 1 aromatic heterocycles. The van der Waals surface area contributed by atoms with Crippen LogP contribution in [0.15, 0.2) is 22.6 Å². The van der Waals surface area contributed by atoms with Crippen LogP contribution in [0.2, 0.25) is 0 Å². The van der Waals surface area contributed by atoms with Crippen molar-refractivity contribution in [3.63, 3.8) is 0 Å². The smallest absolute Gasteiger partial charge is 0.291 e. The molecule has 6 nitrogen and oxygen atoms in total. The van der Waals surface area contributed by atoms with Crippen molar-refractivity contribution in [2.24, 2.45) is 5.41 Å². The van der Waals surface area contributed by atoms with Gasteiger partial charge < -0.3 is 24.3 Å². The Bertz CT molecular complexity index is 852. The van der Waals surface area contributed by atoms with E-state index in [9.17, 15) is 9.90 Å². The van der Waals surface area contributed by atoms with Gasteiger partial charge in [0, 0.05) is 29.3 Å². The number of ether oxygens (including phenoxy) is 2. The van der Waals surface area contributed by atoms with Gasteiger partial charge in [-0.2, -0.15) is 0 Å². The Kier molecular flexibility index (Phi) is 3.54. The maximum absolute atomic E-state index is 12.7. The monoisotopic (exact) mass is 343 g/mol. The summed E-state index contributed by atoms with van der Waals surface area (Å²) in [5, 5.41) is 13.3. The molecule has 0 spiro atoms. The number of hydrogen-bond donors (Lipinski definition) is 2. The highest BCUT2D eigenvalue weighted by atomic mass is 16.7. The van der Waals surface area contributed by atoms with Crippen molar-refractivity contribution in [2.45, 2.75) is 39.7 Å². The number of benzene rings is 1. The minimum atomic E-state index is -0.602. The van der Waals surface area contributed by atoms with Gasteiger partial charge in [0.25, 0.3) is 5.91 Å². The second kappa shape index (κ2) is 5.52. The van der Waals surface area contributed by atoms with Crippen LogP contribution in [0.3, 0.4) is 0 Å². The maximum Gasteiger partial charge on any atom is 0.291 e. The molecular weight excluding hydrogens is 322 g/mol. The summed E-state index contributed by atoms with van der Waals surface area (Å²) in [5.74, 6) is 1.88. The first-order chi connectivity index (χ1) is 11.8. The number of hydrogen-bond acceptors (Lipinski definition) is 5. The van der Waals surface area contributed by atoms with Crippen LogP contribution in [0.25, 0.3) is 0 Å². The van der Waals surface area contributed by atoms with E-state index >= 15 is 0 Å². The number of aliphatic hydroxyl groups is 1. The standard InChI is InChI=1S/C19H21NO5/c1-10-16-12(21)7-19(2,3)8-15(16)25-17(10)18(22)20-11-4-5-13-14(6-11)24-9-23-13/h4-6,12,21H,7-9H2,1-3H3,(H,20,22)/t12-/m1/s1. The molecule has 1 aliphatic heterocycles. The molecule has 0 saturated heterocycles. The Morgan fingerprint density at radius 3 is 2.84 bits per heavy atom. The molecule has 1 atom stereocenters. The van der Waals surface area contributed by atoms with Gasteiger partial charge in [-0.1, -0.05) is 13.8 Å². The number of fused-ring (bicyclic) bond motifs is 2. The lowest BCUT2D eigenvalue weighted by atomic mass is 9.75. The molecule has 0 unspecified atom stereocenters. The van der Waals surface area contributed by atoms with Gasteiger partial charge in [0.2, 0.25) is 6.79 Å². The van der Waals surface area contributed by atoms with Crippen LogP contribution in [-0.2, 0) is 6.42 Å². The summed E-state index contributed by atoms with van der Waals surface area (Å²) in [5.41, 5.74) is 2.01. The van der Waals surface area contributed by atoms with Crippen LogP contribution >= 0.6 is 0 Å². The van der Waals surface area contributed by atoms with E-state index in [1.807, 2.05) is 6.92 Å². The van der Waals surface area contributed by atoms with E-state index in [2.05, 4.69) is 19.2 Å². The summed E-state index contributed by atoms with van der Waals surface area (Å²) in [6.07, 6.45) is 0.760. The molecule has 4 rings (SSSR count). The molecule has 1 amide bonds. The fourth-order valence-electron chi connectivity index (χ4n) is 3.66. The number of rotatable bonds is 2. The van der Waals surface area contributed by atoms with Crippen LogP contribution in [0.1, 0.15) is 53.8 Å². The van der Waals surface area contributed by atoms with Gasteiger partial charge in [0.05, 0.1) is 6.10 Å². The predicted molar refractivity (Wildman–Crippen MR) is 91.0 cm³/mol. The third-order valence-corrected chi connectivity index (χ3v) is 4.83. The number of carbonyl (C=O) groups is 1. The first-order valence-electron chi connectivity index (χ1n) is 8.35. The molecule has 2 aromatic rings. The third-order valence-electron chi connectivity index (χ3n) is 4.83. The van der Waals surface area contributed by atoms with Crippen LogP contribution in [0, 0.1) is 12.3 Å². The predicted octanol–water partition coefficient (Wildman–Crippen LogP) is 3.57. The minimum absolute atomic E-state index is 0.0538. The zero-order chi connectivity index (χ0) is 17.8. The quantitative estimate of drug-likeness (QED) is 0.871. The summed E-state index contributed by atoms with van der Waals surface area (Å²) in [7, 11) is 0. The summed E-state index contributed by atoms with van der Waals surface area (Å²) < 4.78 is 16.4. The first kappa shape index (κ1) is 16.0. The average molecular weight is 343 g/mol. The van der Waals surface area contributed by atoms with E-state index in [-0.39, 0.29) is 23.9 Å². The topological polar surface area (TPSA) is 80.9 Å². The highest BCUT2D eigenvalue weighted by Crippen LogP contribution is 2.44. The number of furan rings is 1. The Balaban J connectivity index is 1.61. The zero-order valence-corrected chi connectivity index (χ0v) is 14.5. The van der Waals surface area contributed by atoms with Crippen molar-refractivity contribution >= 4 is 11.6 Å². The minimum Gasteiger partial charge on any atom is -0.455 e. The van der Waals surface area contributed by atoms with Crippen molar-refractivity contribution in [3.05, 3.63) is 40.8 Å². The highest BCUT2D eigenvalue weighted by Gasteiger charge is 2.37. The van der Waals surface area contributed by atoms with Gasteiger partial charge in [-0.25, -0.2) is 0 Å². The Morgan fingerprint density at radius 1 is 1.28 bits per heavy atom. The highest BCUT2D eigenvalue weighted by molar-refractivity contribution is 6.03. The van der Waals surface area contributed by atoms with Gasteiger partial charge in [-0.3, -0.25) is 4.79 Å². The van der Waals surface area contributed by atoms with Gasteiger partial charge in [0.1, 0.15) is 5.76 Å². The number of amides is 1. The van der Waals surface area contributed by atoms with Crippen LogP contribution in [0.4, 0.5) is 5.69 Å². The number of anilines is 1. The number of carbonyl (C=O) groups excluding carboxylic acids is 1. The Hall–Kier alpha value is -2.47. The fourth-order valence-corrected chi connectivity index (χ4v) is 3.66. The van der Waals surface area contributed by atoms with E-state index in [4.69, 9.17) is 13.9 Å². The summed E-state index contributed by atoms with van der Waals surface area (Å²) in [6.45, 7) is 6.18. The van der Waals surface area contributed by atoms with Gasteiger partial charge in [-0.15, -0.1) is 0 Å². The summed E-state index contributed by atoms with van der Waals surface area (Å²) in [6, 6.07) is 5.22. The van der Waals surface area contributed by atoms with Crippen molar-refractivity contribution in [1.82, 2.24) is 0 Å². The Labute approximate surface area is 145 Å². The molecule has 0 saturated carbocycles. The third kappa shape index (κ3) is 2.76. The SMILES string of the molecule is Cc1c(C(=O)Nc2ccc3c(c2)OCO3)oc2c1[C@H](O)CC(C)(C)C2. The maximum atomic E-state index is 12.7. The molecule has 1 aromatic carbocycles. The van der Waals surface area contributed by atoms with Crippen molar-refractivity contribution in [1.29, 1.82) is 0 Å². The van der Waals surface area contributed by atoms with Crippen molar-refractivity contribution in [3.8, 4) is 11.5 Å². The first-order valence-corrected chi connectivity index (χ1v) is 8.35. The lowest BCUT2D eigenvalue weighted by molar-refractivity contribution is 0.0910.